The van der Waals surface area contributed by atoms with Gasteiger partial charge in [-0.15, -0.1) is 0 Å². The van der Waals surface area contributed by atoms with Crippen LogP contribution in [0.2, 0.25) is 0 Å². The fraction of sp³-hybridized carbons (Fsp3) is 0.394. The van der Waals surface area contributed by atoms with Crippen LogP contribution in [0.1, 0.15) is 58.8 Å². The molecule has 2 aromatic heterocycles. The van der Waals surface area contributed by atoms with Gasteiger partial charge in [-0.3, -0.25) is 24.0 Å². The molecule has 1 aliphatic carbocycles. The Bertz CT molecular complexity index is 1980. The third-order valence-electron chi connectivity index (χ3n) is 9.00. The van der Waals surface area contributed by atoms with Gasteiger partial charge in [-0.1, -0.05) is 6.07 Å². The first kappa shape index (κ1) is 31.2. The Morgan fingerprint density at radius 2 is 1.67 bits per heavy atom. The number of aryl methyl sites for hydroxylation is 2. The van der Waals surface area contributed by atoms with Gasteiger partial charge >= 0.3 is 11.7 Å². The van der Waals surface area contributed by atoms with Crippen molar-refractivity contribution >= 4 is 34.1 Å². The van der Waals surface area contributed by atoms with Crippen LogP contribution in [0, 0.1) is 25.5 Å². The lowest BCUT2D eigenvalue weighted by molar-refractivity contribution is 0.0694. The van der Waals surface area contributed by atoms with Gasteiger partial charge in [0.15, 0.2) is 5.82 Å². The van der Waals surface area contributed by atoms with E-state index in [9.17, 15) is 24.3 Å². The van der Waals surface area contributed by atoms with Gasteiger partial charge < -0.3 is 20.3 Å². The van der Waals surface area contributed by atoms with Crippen LogP contribution in [0.25, 0.3) is 10.9 Å². The van der Waals surface area contributed by atoms with Gasteiger partial charge in [-0.05, 0) is 75.4 Å². The monoisotopic (exact) mass is 634 g/mol. The van der Waals surface area contributed by atoms with Crippen LogP contribution < -0.4 is 26.9 Å². The van der Waals surface area contributed by atoms with Crippen LogP contribution in [0.15, 0.2) is 44.7 Å². The third-order valence-corrected chi connectivity index (χ3v) is 9.00. The lowest BCUT2D eigenvalue weighted by Gasteiger charge is -2.36. The zero-order valence-corrected chi connectivity index (χ0v) is 25.7. The topological polar surface area (TPSA) is 144 Å². The number of hydrogen-bond acceptors (Lipinski definition) is 7. The number of hydrogen-bond donors (Lipinski definition) is 4. The van der Waals surface area contributed by atoms with Crippen LogP contribution in [-0.4, -0.2) is 63.2 Å². The number of benzene rings is 2. The van der Waals surface area contributed by atoms with Crippen LogP contribution >= 0.6 is 0 Å². The third kappa shape index (κ3) is 6.19. The number of unbranched alkanes of at least 4 members (excludes halogenated alkanes) is 1. The molecule has 0 bridgehead atoms. The Labute approximate surface area is 262 Å². The second-order valence-electron chi connectivity index (χ2n) is 12.2. The molecule has 0 radical (unpaired) electrons. The second-order valence-corrected chi connectivity index (χ2v) is 12.2. The summed E-state index contributed by atoms with van der Waals surface area (Å²) in [4.78, 5) is 59.3. The number of halogens is 2. The molecule has 3 heterocycles. The number of aromatic amines is 2. The Morgan fingerprint density at radius 1 is 0.957 bits per heavy atom. The summed E-state index contributed by atoms with van der Waals surface area (Å²) in [5.41, 5.74) is 0.574. The quantitative estimate of drug-likeness (QED) is 0.190. The summed E-state index contributed by atoms with van der Waals surface area (Å²) in [7, 11) is 0. The highest BCUT2D eigenvalue weighted by Gasteiger charge is 2.33. The number of nitrogens with one attached hydrogen (secondary N) is 3. The first-order valence-electron chi connectivity index (χ1n) is 15.5. The molecule has 6 rings (SSSR count). The van der Waals surface area contributed by atoms with Crippen molar-refractivity contribution in [3.05, 3.63) is 95.4 Å². The number of aromatic carboxylic acids is 1. The van der Waals surface area contributed by atoms with Crippen molar-refractivity contribution in [2.75, 3.05) is 42.9 Å². The maximum absolute atomic E-state index is 15.8. The van der Waals surface area contributed by atoms with Crippen molar-refractivity contribution in [2.45, 2.75) is 52.0 Å². The second kappa shape index (κ2) is 12.5. The average molecular weight is 635 g/mol. The molecule has 1 aliphatic heterocycles. The first-order valence-corrected chi connectivity index (χ1v) is 15.5. The van der Waals surface area contributed by atoms with Gasteiger partial charge in [0.05, 0.1) is 10.9 Å². The van der Waals surface area contributed by atoms with Crippen molar-refractivity contribution < 1.29 is 18.7 Å². The van der Waals surface area contributed by atoms with Crippen LogP contribution in [0.3, 0.4) is 0 Å². The van der Waals surface area contributed by atoms with E-state index < -0.39 is 39.8 Å². The summed E-state index contributed by atoms with van der Waals surface area (Å²) in [5, 5.41) is 12.3. The number of rotatable bonds is 10. The normalized spacial score (nSPS) is 15.4. The number of piperazine rings is 1. The van der Waals surface area contributed by atoms with E-state index in [2.05, 4.69) is 20.2 Å². The van der Waals surface area contributed by atoms with Crippen molar-refractivity contribution in [3.63, 3.8) is 0 Å². The average Bonchev–Trinajstić information content (AvgIpc) is 3.85. The highest BCUT2D eigenvalue weighted by Crippen LogP contribution is 2.41. The predicted molar refractivity (Wildman–Crippen MR) is 172 cm³/mol. The maximum atomic E-state index is 15.8. The number of fused-ring (bicyclic) bond motifs is 1. The standard InChI is InChI=1S/C33H36F2N6O5/c1-18-5-8-21(15-19(18)2)36-24-17-25(42)41(33(46)37-24)10-4-3-9-39-11-13-40(14-12-39)30-23(34)16-22-29(27(30)35)38-28(20-6-7-20)26(31(22)43)32(44)45/h5,8,15-17,20,36H,3-4,6-7,9-14H2,1-2H3,(H,37,46)(H,38,43)(H,44,45). The lowest BCUT2D eigenvalue weighted by Crippen LogP contribution is -2.47. The first-order chi connectivity index (χ1) is 22.0. The van der Waals surface area contributed by atoms with E-state index in [1.165, 1.54) is 10.6 Å². The SMILES string of the molecule is Cc1ccc(Nc2cc(=O)n(CCCCN3CCN(c4c(F)cc5c(=O)c(C(=O)O)c(C6CC6)[nH]c5c4F)CC3)c(=O)[nH]2)cc1C. The Morgan fingerprint density at radius 3 is 2.33 bits per heavy atom. The van der Waals surface area contributed by atoms with Crippen LogP contribution in [0.4, 0.5) is 26.0 Å². The zero-order chi connectivity index (χ0) is 32.7. The largest absolute Gasteiger partial charge is 0.477 e. The number of pyridine rings is 1. The minimum Gasteiger partial charge on any atom is -0.477 e. The Kier molecular flexibility index (Phi) is 8.51. The van der Waals surface area contributed by atoms with Gasteiger partial charge in [0, 0.05) is 56.1 Å². The molecule has 2 aromatic carbocycles. The smallest absolute Gasteiger partial charge is 0.341 e. The number of carboxylic acids is 1. The molecule has 11 nitrogen and oxygen atoms in total. The Balaban J connectivity index is 1.05. The molecular formula is C33H36F2N6O5. The maximum Gasteiger partial charge on any atom is 0.341 e. The molecule has 242 valence electrons. The predicted octanol–water partition coefficient (Wildman–Crippen LogP) is 4.19. The molecule has 2 fully saturated rings. The highest BCUT2D eigenvalue weighted by molar-refractivity contribution is 5.95. The summed E-state index contributed by atoms with van der Waals surface area (Å²) in [6.07, 6.45) is 2.70. The van der Waals surface area contributed by atoms with Crippen LogP contribution in [-0.2, 0) is 6.54 Å². The molecule has 0 spiro atoms. The van der Waals surface area contributed by atoms with E-state index >= 15 is 8.78 Å². The van der Waals surface area contributed by atoms with Gasteiger partial charge in [-0.25, -0.2) is 18.4 Å². The van der Waals surface area contributed by atoms with Crippen molar-refractivity contribution in [1.29, 1.82) is 0 Å². The highest BCUT2D eigenvalue weighted by atomic mass is 19.1. The van der Waals surface area contributed by atoms with Gasteiger partial charge in [0.2, 0.25) is 5.43 Å². The van der Waals surface area contributed by atoms with E-state index in [-0.39, 0.29) is 34.7 Å². The molecule has 4 N–H and O–H groups in total. The summed E-state index contributed by atoms with van der Waals surface area (Å²) in [6, 6.07) is 8.08. The number of carboxylic acid groups (broad SMARTS) is 1. The zero-order valence-electron chi connectivity index (χ0n) is 25.7. The van der Waals surface area contributed by atoms with E-state index in [0.717, 1.165) is 22.9 Å². The number of carbonyl (C=O) groups is 1. The summed E-state index contributed by atoms with van der Waals surface area (Å²) >= 11 is 0. The van der Waals surface area contributed by atoms with Crippen molar-refractivity contribution in [2.24, 2.45) is 0 Å². The number of H-pyrrole nitrogens is 2. The number of nitrogens with zero attached hydrogens (tertiary/aromatic N) is 3. The van der Waals surface area contributed by atoms with E-state index in [0.29, 0.717) is 64.2 Å². The van der Waals surface area contributed by atoms with E-state index in [4.69, 9.17) is 0 Å². The van der Waals surface area contributed by atoms with Crippen LogP contribution in [0.5, 0.6) is 0 Å². The summed E-state index contributed by atoms with van der Waals surface area (Å²) in [6.45, 7) is 6.71. The minimum absolute atomic E-state index is 0.151. The molecule has 0 atom stereocenters. The van der Waals surface area contributed by atoms with Gasteiger partial charge in [0.25, 0.3) is 5.56 Å². The van der Waals surface area contributed by atoms with Crippen molar-refractivity contribution in [1.82, 2.24) is 19.4 Å². The molecule has 0 amide bonds. The molecule has 1 saturated carbocycles. The van der Waals surface area contributed by atoms with Gasteiger partial charge in [0.1, 0.15) is 22.9 Å². The van der Waals surface area contributed by atoms with E-state index in [1.54, 1.807) is 4.90 Å². The van der Waals surface area contributed by atoms with E-state index in [1.807, 2.05) is 32.0 Å². The lowest BCUT2D eigenvalue weighted by atomic mass is 10.0. The fourth-order valence-electron chi connectivity index (χ4n) is 6.12. The molecule has 46 heavy (non-hydrogen) atoms. The molecule has 0 unspecified atom stereocenters. The fourth-order valence-corrected chi connectivity index (χ4v) is 6.12. The summed E-state index contributed by atoms with van der Waals surface area (Å²) in [5.74, 6) is -3.05. The minimum atomic E-state index is -1.41. The molecular weight excluding hydrogens is 598 g/mol. The van der Waals surface area contributed by atoms with Crippen molar-refractivity contribution in [3.8, 4) is 0 Å². The number of aromatic nitrogens is 3. The summed E-state index contributed by atoms with van der Waals surface area (Å²) < 4.78 is 32.2. The number of anilines is 3. The van der Waals surface area contributed by atoms with Gasteiger partial charge in [-0.2, -0.15) is 0 Å². The molecule has 2 aliphatic rings. The Hall–Kier alpha value is -4.78. The molecule has 13 heteroatoms. The molecule has 4 aromatic rings. The molecule has 1 saturated heterocycles.